The van der Waals surface area contributed by atoms with Crippen molar-refractivity contribution in [3.8, 4) is 5.82 Å². The molecule has 0 aliphatic rings. The molecule has 0 aromatic carbocycles. The fourth-order valence-corrected chi connectivity index (χ4v) is 1.30. The van der Waals surface area contributed by atoms with E-state index < -0.39 is 0 Å². The quantitative estimate of drug-likeness (QED) is 0.784. The molecule has 0 saturated heterocycles. The van der Waals surface area contributed by atoms with Gasteiger partial charge in [0.05, 0.1) is 18.9 Å². The number of rotatable bonds is 4. The lowest BCUT2D eigenvalue weighted by molar-refractivity contribution is 0.0656. The maximum atomic E-state index is 5.53. The Morgan fingerprint density at radius 1 is 1.50 bits per heavy atom. The zero-order valence-electron chi connectivity index (χ0n) is 9.42. The summed E-state index contributed by atoms with van der Waals surface area (Å²) in [5.41, 5.74) is 1.09. The molecule has 0 saturated carbocycles. The maximum Gasteiger partial charge on any atom is 0.153 e. The molecule has 83 valence electrons. The van der Waals surface area contributed by atoms with Crippen molar-refractivity contribution in [1.29, 1.82) is 0 Å². The van der Waals surface area contributed by atoms with Gasteiger partial charge in [0, 0.05) is 18.5 Å². The van der Waals surface area contributed by atoms with Crippen molar-refractivity contribution < 1.29 is 4.74 Å². The van der Waals surface area contributed by atoms with E-state index in [1.165, 1.54) is 0 Å². The first kappa shape index (κ1) is 10.8. The van der Waals surface area contributed by atoms with Crippen LogP contribution in [0, 0.1) is 6.07 Å². The maximum absolute atomic E-state index is 5.53. The molecule has 4 nitrogen and oxygen atoms in total. The van der Waals surface area contributed by atoms with Crippen LogP contribution in [0.3, 0.4) is 0 Å². The van der Waals surface area contributed by atoms with Gasteiger partial charge in [-0.05, 0) is 31.5 Å². The zero-order chi connectivity index (χ0) is 11.4. The number of pyridine rings is 1. The van der Waals surface area contributed by atoms with Crippen LogP contribution < -0.4 is 0 Å². The van der Waals surface area contributed by atoms with Crippen LogP contribution >= 0.6 is 0 Å². The van der Waals surface area contributed by atoms with Crippen molar-refractivity contribution >= 4 is 0 Å². The highest BCUT2D eigenvalue weighted by Gasteiger charge is 2.01. The van der Waals surface area contributed by atoms with Gasteiger partial charge >= 0.3 is 0 Å². The smallest absolute Gasteiger partial charge is 0.153 e. The monoisotopic (exact) mass is 216 g/mol. The predicted molar refractivity (Wildman–Crippen MR) is 60.1 cm³/mol. The van der Waals surface area contributed by atoms with Gasteiger partial charge in [-0.2, -0.15) is 5.10 Å². The molecule has 16 heavy (non-hydrogen) atoms. The van der Waals surface area contributed by atoms with E-state index in [2.05, 4.69) is 16.1 Å². The molecule has 0 aliphatic carbocycles. The van der Waals surface area contributed by atoms with Gasteiger partial charge in [-0.3, -0.25) is 0 Å². The highest BCUT2D eigenvalue weighted by Crippen LogP contribution is 2.08. The van der Waals surface area contributed by atoms with E-state index in [0.717, 1.165) is 11.4 Å². The normalized spacial score (nSPS) is 10.9. The van der Waals surface area contributed by atoms with Crippen molar-refractivity contribution in [1.82, 2.24) is 14.8 Å². The second-order valence-corrected chi connectivity index (χ2v) is 3.77. The molecule has 0 aliphatic heterocycles. The van der Waals surface area contributed by atoms with Gasteiger partial charge in [0.25, 0.3) is 0 Å². The predicted octanol–water partition coefficient (Wildman–Crippen LogP) is 1.99. The molecule has 0 amide bonds. The first-order valence-corrected chi connectivity index (χ1v) is 5.23. The van der Waals surface area contributed by atoms with Gasteiger partial charge in [0.1, 0.15) is 0 Å². The van der Waals surface area contributed by atoms with E-state index in [1.807, 2.05) is 26.0 Å². The first-order chi connectivity index (χ1) is 7.75. The summed E-state index contributed by atoms with van der Waals surface area (Å²) in [5.74, 6) is 0.783. The summed E-state index contributed by atoms with van der Waals surface area (Å²) in [6.07, 6.45) is 5.35. The lowest BCUT2D eigenvalue weighted by Gasteiger charge is -2.08. The Morgan fingerprint density at radius 2 is 2.38 bits per heavy atom. The Balaban J connectivity index is 2.14. The van der Waals surface area contributed by atoms with Crippen molar-refractivity contribution in [3.63, 3.8) is 0 Å². The Morgan fingerprint density at radius 3 is 3.06 bits per heavy atom. The highest BCUT2D eigenvalue weighted by atomic mass is 16.5. The summed E-state index contributed by atoms with van der Waals surface area (Å²) in [6, 6.07) is 6.78. The Labute approximate surface area is 94.9 Å². The van der Waals surface area contributed by atoms with Crippen LogP contribution in [-0.2, 0) is 11.3 Å². The lowest BCUT2D eigenvalue weighted by atomic mass is 10.3. The number of hydrogen-bond acceptors (Lipinski definition) is 3. The zero-order valence-corrected chi connectivity index (χ0v) is 9.42. The average molecular weight is 216 g/mol. The number of aromatic nitrogens is 3. The minimum Gasteiger partial charge on any atom is -0.374 e. The van der Waals surface area contributed by atoms with E-state index in [-0.39, 0.29) is 6.10 Å². The Kier molecular flexibility index (Phi) is 3.31. The standard InChI is InChI=1S/C12H14N3O/c1-10(2)16-9-11-4-6-13-12(8-11)15-7-3-5-14-15/h4-8,10H,9H2,1-2H3. The van der Waals surface area contributed by atoms with Crippen LogP contribution in [0.4, 0.5) is 0 Å². The molecule has 2 aromatic rings. The molecule has 1 radical (unpaired) electrons. The summed E-state index contributed by atoms with van der Waals surface area (Å²) in [5, 5.41) is 4.08. The largest absolute Gasteiger partial charge is 0.374 e. The van der Waals surface area contributed by atoms with Gasteiger partial charge in [-0.15, -0.1) is 0 Å². The van der Waals surface area contributed by atoms with E-state index in [4.69, 9.17) is 4.74 Å². The summed E-state index contributed by atoms with van der Waals surface area (Å²) in [4.78, 5) is 4.23. The van der Waals surface area contributed by atoms with E-state index >= 15 is 0 Å². The summed E-state index contributed by atoms with van der Waals surface area (Å²) >= 11 is 0. The molecule has 0 atom stereocenters. The van der Waals surface area contributed by atoms with Crippen LogP contribution in [0.1, 0.15) is 19.4 Å². The molecule has 0 fully saturated rings. The molecular formula is C12H14N3O. The van der Waals surface area contributed by atoms with Crippen LogP contribution in [0.25, 0.3) is 5.82 Å². The highest BCUT2D eigenvalue weighted by molar-refractivity contribution is 5.26. The number of ether oxygens (including phenoxy) is 1. The fourth-order valence-electron chi connectivity index (χ4n) is 1.30. The molecule has 4 heteroatoms. The van der Waals surface area contributed by atoms with Crippen molar-refractivity contribution in [3.05, 3.63) is 42.4 Å². The molecule has 0 bridgehead atoms. The summed E-state index contributed by atoms with van der Waals surface area (Å²) in [7, 11) is 0. The second kappa shape index (κ2) is 4.90. The third-order valence-corrected chi connectivity index (χ3v) is 2.08. The molecule has 2 heterocycles. The van der Waals surface area contributed by atoms with Gasteiger partial charge in [0.15, 0.2) is 5.82 Å². The Bertz CT molecular complexity index is 437. The lowest BCUT2D eigenvalue weighted by Crippen LogP contribution is -2.04. The molecular weight excluding hydrogens is 202 g/mol. The van der Waals surface area contributed by atoms with Crippen molar-refractivity contribution in [2.75, 3.05) is 0 Å². The Hall–Kier alpha value is -1.68. The molecule has 0 unspecified atom stereocenters. The number of hydrogen-bond donors (Lipinski definition) is 0. The van der Waals surface area contributed by atoms with Gasteiger partial charge in [0.2, 0.25) is 0 Å². The SMILES string of the molecule is CC(C)OCc1ccnc(-n2c[c]cn2)c1. The minimum absolute atomic E-state index is 0.231. The van der Waals surface area contributed by atoms with Crippen LogP contribution in [0.5, 0.6) is 0 Å². The minimum atomic E-state index is 0.231. The first-order valence-electron chi connectivity index (χ1n) is 5.23. The average Bonchev–Trinajstić information content (AvgIpc) is 2.80. The van der Waals surface area contributed by atoms with Gasteiger partial charge in [-0.25, -0.2) is 9.67 Å². The molecule has 2 aromatic heterocycles. The third-order valence-electron chi connectivity index (χ3n) is 2.08. The number of nitrogens with zero attached hydrogens (tertiary/aromatic N) is 3. The van der Waals surface area contributed by atoms with E-state index in [0.29, 0.717) is 6.61 Å². The van der Waals surface area contributed by atoms with Crippen LogP contribution in [-0.4, -0.2) is 20.9 Å². The van der Waals surface area contributed by atoms with E-state index in [1.54, 1.807) is 23.3 Å². The third kappa shape index (κ3) is 2.67. The topological polar surface area (TPSA) is 39.9 Å². The van der Waals surface area contributed by atoms with Crippen molar-refractivity contribution in [2.45, 2.75) is 26.6 Å². The van der Waals surface area contributed by atoms with E-state index in [9.17, 15) is 0 Å². The molecule has 0 spiro atoms. The second-order valence-electron chi connectivity index (χ2n) is 3.77. The van der Waals surface area contributed by atoms with Crippen LogP contribution in [0.2, 0.25) is 0 Å². The molecule has 2 rings (SSSR count). The summed E-state index contributed by atoms with van der Waals surface area (Å²) in [6.45, 7) is 4.63. The molecule has 0 N–H and O–H groups in total. The van der Waals surface area contributed by atoms with Crippen LogP contribution in [0.15, 0.2) is 30.7 Å². The fraction of sp³-hybridized carbons (Fsp3) is 0.333. The van der Waals surface area contributed by atoms with Gasteiger partial charge < -0.3 is 4.74 Å². The summed E-state index contributed by atoms with van der Waals surface area (Å²) < 4.78 is 7.21. The van der Waals surface area contributed by atoms with Gasteiger partial charge in [-0.1, -0.05) is 0 Å². The van der Waals surface area contributed by atoms with Crippen molar-refractivity contribution in [2.24, 2.45) is 0 Å².